The van der Waals surface area contributed by atoms with Gasteiger partial charge in [-0.2, -0.15) is 0 Å². The van der Waals surface area contributed by atoms with Crippen LogP contribution in [0.2, 0.25) is 0 Å². The molecule has 8 heteroatoms. The summed E-state index contributed by atoms with van der Waals surface area (Å²) in [5.41, 5.74) is 1.81. The van der Waals surface area contributed by atoms with E-state index in [4.69, 9.17) is 9.47 Å². The van der Waals surface area contributed by atoms with Gasteiger partial charge < -0.3 is 19.3 Å². The molecule has 8 nitrogen and oxygen atoms in total. The molecule has 40 heavy (non-hydrogen) atoms. The Balaban J connectivity index is 1.16. The average molecular weight is 547 g/mol. The maximum atomic E-state index is 13.6. The number of carbonyl (C=O) groups is 4. The Morgan fingerprint density at radius 3 is 1.45 bits per heavy atom. The highest BCUT2D eigenvalue weighted by atomic mass is 16.5. The molecule has 212 valence electrons. The summed E-state index contributed by atoms with van der Waals surface area (Å²) in [5.74, 6) is -1.47. The Morgan fingerprint density at radius 1 is 0.600 bits per heavy atom. The van der Waals surface area contributed by atoms with Crippen LogP contribution < -0.4 is 0 Å². The van der Waals surface area contributed by atoms with Crippen molar-refractivity contribution >= 4 is 23.8 Å². The SMILES string of the molecule is O=C(OCc1ccccc1)C1CCCN1C(=O)C1CCCC(C(=O)N2CCCC2C(=O)OCc2ccccc2)C1. The van der Waals surface area contributed by atoms with E-state index in [2.05, 4.69) is 0 Å². The number of hydrogen-bond acceptors (Lipinski definition) is 6. The Bertz CT molecular complexity index is 1090. The third-order valence-electron chi connectivity index (χ3n) is 8.44. The Morgan fingerprint density at radius 2 is 1.02 bits per heavy atom. The van der Waals surface area contributed by atoms with Crippen molar-refractivity contribution in [1.29, 1.82) is 0 Å². The lowest BCUT2D eigenvalue weighted by Crippen LogP contribution is -2.48. The van der Waals surface area contributed by atoms with Crippen molar-refractivity contribution in [1.82, 2.24) is 9.80 Å². The second-order valence-electron chi connectivity index (χ2n) is 11.1. The van der Waals surface area contributed by atoms with Crippen LogP contribution in [-0.4, -0.2) is 58.7 Å². The molecule has 2 aliphatic heterocycles. The second-order valence-corrected chi connectivity index (χ2v) is 11.1. The van der Waals surface area contributed by atoms with Crippen LogP contribution >= 0.6 is 0 Å². The van der Waals surface area contributed by atoms with Gasteiger partial charge in [0, 0.05) is 24.9 Å². The van der Waals surface area contributed by atoms with Crippen molar-refractivity contribution in [2.45, 2.75) is 76.7 Å². The number of ether oxygens (including phenoxy) is 2. The van der Waals surface area contributed by atoms with Crippen molar-refractivity contribution in [3.63, 3.8) is 0 Å². The summed E-state index contributed by atoms with van der Waals surface area (Å²) in [5, 5.41) is 0. The number of amides is 2. The maximum absolute atomic E-state index is 13.6. The summed E-state index contributed by atoms with van der Waals surface area (Å²) >= 11 is 0. The fourth-order valence-electron chi connectivity index (χ4n) is 6.31. The molecule has 4 unspecified atom stereocenters. The summed E-state index contributed by atoms with van der Waals surface area (Å²) in [4.78, 5) is 56.3. The number of esters is 2. The van der Waals surface area contributed by atoms with Gasteiger partial charge in [-0.1, -0.05) is 67.1 Å². The summed E-state index contributed by atoms with van der Waals surface area (Å²) < 4.78 is 11.1. The second kappa shape index (κ2) is 13.1. The lowest BCUT2D eigenvalue weighted by Gasteiger charge is -2.34. The summed E-state index contributed by atoms with van der Waals surface area (Å²) in [7, 11) is 0. The van der Waals surface area contributed by atoms with Crippen LogP contribution in [0.15, 0.2) is 60.7 Å². The zero-order valence-electron chi connectivity index (χ0n) is 22.9. The predicted molar refractivity (Wildman–Crippen MR) is 147 cm³/mol. The first-order chi connectivity index (χ1) is 19.5. The molecule has 1 aliphatic carbocycles. The monoisotopic (exact) mass is 546 g/mol. The van der Waals surface area contributed by atoms with E-state index in [0.717, 1.165) is 30.4 Å². The minimum atomic E-state index is -0.574. The topological polar surface area (TPSA) is 93.2 Å². The van der Waals surface area contributed by atoms with Crippen LogP contribution in [0.5, 0.6) is 0 Å². The van der Waals surface area contributed by atoms with E-state index in [1.54, 1.807) is 9.80 Å². The molecule has 0 aromatic heterocycles. The largest absolute Gasteiger partial charge is 0.459 e. The van der Waals surface area contributed by atoms with E-state index in [1.807, 2.05) is 60.7 Å². The molecule has 4 atom stereocenters. The number of carbonyl (C=O) groups excluding carboxylic acids is 4. The van der Waals surface area contributed by atoms with Gasteiger partial charge in [0.2, 0.25) is 11.8 Å². The molecule has 2 saturated heterocycles. The van der Waals surface area contributed by atoms with Crippen molar-refractivity contribution in [2.75, 3.05) is 13.1 Å². The molecular formula is C32H38N2O6. The first-order valence-electron chi connectivity index (χ1n) is 14.5. The van der Waals surface area contributed by atoms with E-state index < -0.39 is 12.1 Å². The first-order valence-corrected chi connectivity index (χ1v) is 14.5. The van der Waals surface area contributed by atoms with Gasteiger partial charge in [0.05, 0.1) is 0 Å². The molecule has 2 aromatic carbocycles. The first kappa shape index (κ1) is 27.9. The average Bonchev–Trinajstić information content (AvgIpc) is 3.70. The maximum Gasteiger partial charge on any atom is 0.329 e. The fraction of sp³-hybridized carbons (Fsp3) is 0.500. The fourth-order valence-corrected chi connectivity index (χ4v) is 6.31. The van der Waals surface area contributed by atoms with Gasteiger partial charge in [0.25, 0.3) is 0 Å². The quantitative estimate of drug-likeness (QED) is 0.460. The number of benzene rings is 2. The Labute approximate surface area is 235 Å². The van der Waals surface area contributed by atoms with Crippen LogP contribution in [0.25, 0.3) is 0 Å². The molecule has 0 N–H and O–H groups in total. The molecule has 3 fully saturated rings. The molecule has 0 radical (unpaired) electrons. The molecule has 2 aromatic rings. The zero-order chi connectivity index (χ0) is 27.9. The van der Waals surface area contributed by atoms with Gasteiger partial charge >= 0.3 is 11.9 Å². The molecule has 0 bridgehead atoms. The van der Waals surface area contributed by atoms with Gasteiger partial charge in [-0.15, -0.1) is 0 Å². The van der Waals surface area contributed by atoms with Crippen LogP contribution in [-0.2, 0) is 41.9 Å². The lowest BCUT2D eigenvalue weighted by molar-refractivity contribution is -0.158. The number of hydrogen-bond donors (Lipinski definition) is 0. The predicted octanol–water partition coefficient (Wildman–Crippen LogP) is 4.26. The molecular weight excluding hydrogens is 508 g/mol. The van der Waals surface area contributed by atoms with Gasteiger partial charge in [-0.3, -0.25) is 9.59 Å². The van der Waals surface area contributed by atoms with Crippen molar-refractivity contribution in [3.8, 4) is 0 Å². The summed E-state index contributed by atoms with van der Waals surface area (Å²) in [6, 6.07) is 17.9. The highest BCUT2D eigenvalue weighted by molar-refractivity contribution is 5.89. The smallest absolute Gasteiger partial charge is 0.329 e. The molecule has 0 spiro atoms. The summed E-state index contributed by atoms with van der Waals surface area (Å²) in [6.45, 7) is 1.42. The van der Waals surface area contributed by atoms with Crippen molar-refractivity contribution in [2.24, 2.45) is 11.8 Å². The molecule has 3 aliphatic rings. The van der Waals surface area contributed by atoms with Gasteiger partial charge in [-0.05, 0) is 56.1 Å². The van der Waals surface area contributed by atoms with Crippen LogP contribution in [0.1, 0.15) is 62.5 Å². The minimum Gasteiger partial charge on any atom is -0.459 e. The molecule has 1 saturated carbocycles. The third-order valence-corrected chi connectivity index (χ3v) is 8.44. The standard InChI is InChI=1S/C32H38N2O6/c35-29(33-18-8-16-27(33)31(37)39-21-23-10-3-1-4-11-23)25-14-7-15-26(20-25)30(36)34-19-9-17-28(34)32(38)40-22-24-12-5-2-6-13-24/h1-6,10-13,25-28H,7-9,14-22H2. The van der Waals surface area contributed by atoms with Crippen LogP contribution in [0.4, 0.5) is 0 Å². The van der Waals surface area contributed by atoms with Crippen molar-refractivity contribution < 1.29 is 28.7 Å². The highest BCUT2D eigenvalue weighted by Gasteiger charge is 2.43. The Kier molecular flexibility index (Phi) is 9.14. The van der Waals surface area contributed by atoms with Crippen LogP contribution in [0.3, 0.4) is 0 Å². The van der Waals surface area contributed by atoms with Crippen molar-refractivity contribution in [3.05, 3.63) is 71.8 Å². The van der Waals surface area contributed by atoms with E-state index >= 15 is 0 Å². The van der Waals surface area contributed by atoms with Gasteiger partial charge in [-0.25, -0.2) is 9.59 Å². The number of likely N-dealkylation sites (tertiary alicyclic amines) is 2. The highest BCUT2D eigenvalue weighted by Crippen LogP contribution is 2.35. The molecule has 5 rings (SSSR count). The molecule has 2 amide bonds. The minimum absolute atomic E-state index is 0.0584. The summed E-state index contributed by atoms with van der Waals surface area (Å²) in [6.07, 6.45) is 5.31. The van der Waals surface area contributed by atoms with E-state index in [0.29, 0.717) is 45.2 Å². The third kappa shape index (κ3) is 6.54. The number of rotatable bonds is 8. The van der Waals surface area contributed by atoms with Gasteiger partial charge in [0.15, 0.2) is 0 Å². The van der Waals surface area contributed by atoms with Gasteiger partial charge in [0.1, 0.15) is 25.3 Å². The Hall–Kier alpha value is -3.68. The van der Waals surface area contributed by atoms with E-state index in [9.17, 15) is 19.2 Å². The normalized spacial score (nSPS) is 24.5. The zero-order valence-corrected chi connectivity index (χ0v) is 22.9. The van der Waals surface area contributed by atoms with E-state index in [-0.39, 0.29) is 48.8 Å². The number of nitrogens with zero attached hydrogens (tertiary/aromatic N) is 2. The van der Waals surface area contributed by atoms with Crippen LogP contribution in [0, 0.1) is 11.8 Å². The molecule has 2 heterocycles. The van der Waals surface area contributed by atoms with E-state index in [1.165, 1.54) is 0 Å². The lowest BCUT2D eigenvalue weighted by atomic mass is 9.79.